The van der Waals surface area contributed by atoms with Crippen LogP contribution in [-0.2, 0) is 22.7 Å². The number of furan rings is 1. The minimum atomic E-state index is -1.82. The molecule has 2 aromatic rings. The Morgan fingerprint density at radius 1 is 1.14 bits per heavy atom. The largest absolute Gasteiger partial charge is 0.473 e. The Hall–Kier alpha value is -2.38. The molecule has 1 aromatic heterocycles. The van der Waals surface area contributed by atoms with E-state index >= 15 is 0 Å². The van der Waals surface area contributed by atoms with Crippen LogP contribution >= 0.6 is 11.6 Å². The molecule has 0 aliphatic rings. The second-order valence-electron chi connectivity index (χ2n) is 3.99. The molecule has 0 bridgehead atoms. The Kier molecular flexibility index (Phi) is 7.07. The zero-order valence-corrected chi connectivity index (χ0v) is 12.0. The van der Waals surface area contributed by atoms with Crippen molar-refractivity contribution < 1.29 is 28.6 Å². The van der Waals surface area contributed by atoms with Crippen molar-refractivity contribution in [1.82, 2.24) is 5.32 Å². The van der Waals surface area contributed by atoms with Gasteiger partial charge in [-0.1, -0.05) is 17.7 Å². The molecule has 8 heteroatoms. The van der Waals surface area contributed by atoms with E-state index in [4.69, 9.17) is 35.8 Å². The van der Waals surface area contributed by atoms with E-state index in [-0.39, 0.29) is 5.82 Å². The molecular weight excluding hydrogens is 317 g/mol. The van der Waals surface area contributed by atoms with E-state index in [1.165, 1.54) is 6.07 Å². The Balaban J connectivity index is 0.000000346. The average molecular weight is 330 g/mol. The first kappa shape index (κ1) is 17.7. The molecular formula is C14H13ClFNO5. The molecule has 1 heterocycles. The average Bonchev–Trinajstić information content (AvgIpc) is 2.96. The quantitative estimate of drug-likeness (QED) is 0.745. The smallest absolute Gasteiger partial charge is 0.414 e. The number of hydrogen-bond donors (Lipinski definition) is 3. The summed E-state index contributed by atoms with van der Waals surface area (Å²) in [4.78, 5) is 18.2. The van der Waals surface area contributed by atoms with Crippen LogP contribution in [0.4, 0.5) is 4.39 Å². The van der Waals surface area contributed by atoms with Crippen molar-refractivity contribution in [3.63, 3.8) is 0 Å². The van der Waals surface area contributed by atoms with E-state index in [9.17, 15) is 4.39 Å². The normalized spacial score (nSPS) is 9.73. The topological polar surface area (TPSA) is 99.8 Å². The Labute approximate surface area is 130 Å². The lowest BCUT2D eigenvalue weighted by Crippen LogP contribution is -2.13. The highest BCUT2D eigenvalue weighted by molar-refractivity contribution is 6.31. The maximum Gasteiger partial charge on any atom is 0.414 e. The SMILES string of the molecule is Fc1cccc(Cl)c1CNCc1ccco1.O=C(O)C(=O)O. The van der Waals surface area contributed by atoms with Gasteiger partial charge in [0.15, 0.2) is 0 Å². The second kappa shape index (κ2) is 8.81. The van der Waals surface area contributed by atoms with E-state index in [1.807, 2.05) is 12.1 Å². The summed E-state index contributed by atoms with van der Waals surface area (Å²) in [6, 6.07) is 8.33. The highest BCUT2D eigenvalue weighted by atomic mass is 35.5. The molecule has 0 unspecified atom stereocenters. The van der Waals surface area contributed by atoms with Gasteiger partial charge in [0, 0.05) is 17.1 Å². The van der Waals surface area contributed by atoms with Gasteiger partial charge in [-0.15, -0.1) is 0 Å². The second-order valence-corrected chi connectivity index (χ2v) is 4.40. The number of halogens is 2. The third-order valence-electron chi connectivity index (χ3n) is 2.43. The van der Waals surface area contributed by atoms with Gasteiger partial charge in [0.05, 0.1) is 12.8 Å². The Morgan fingerprint density at radius 2 is 1.82 bits per heavy atom. The molecule has 3 N–H and O–H groups in total. The molecule has 0 saturated carbocycles. The predicted molar refractivity (Wildman–Crippen MR) is 75.9 cm³/mol. The Bertz CT molecular complexity index is 598. The first-order chi connectivity index (χ1) is 10.4. The lowest BCUT2D eigenvalue weighted by Gasteiger charge is -2.06. The van der Waals surface area contributed by atoms with Crippen molar-refractivity contribution in [2.24, 2.45) is 0 Å². The molecule has 0 spiro atoms. The van der Waals surface area contributed by atoms with E-state index in [1.54, 1.807) is 18.4 Å². The maximum atomic E-state index is 13.4. The first-order valence-corrected chi connectivity index (χ1v) is 6.41. The fraction of sp³-hybridized carbons (Fsp3) is 0.143. The molecule has 2 rings (SSSR count). The fourth-order valence-corrected chi connectivity index (χ4v) is 1.65. The van der Waals surface area contributed by atoms with Crippen LogP contribution in [0.3, 0.4) is 0 Å². The number of aliphatic carboxylic acids is 2. The number of benzene rings is 1. The van der Waals surface area contributed by atoms with Crippen molar-refractivity contribution in [2.45, 2.75) is 13.1 Å². The van der Waals surface area contributed by atoms with Crippen molar-refractivity contribution >= 4 is 23.5 Å². The Morgan fingerprint density at radius 3 is 2.32 bits per heavy atom. The van der Waals surface area contributed by atoms with Crippen LogP contribution in [0, 0.1) is 5.82 Å². The molecule has 0 radical (unpaired) electrons. The van der Waals surface area contributed by atoms with Crippen LogP contribution in [0.1, 0.15) is 11.3 Å². The zero-order valence-electron chi connectivity index (χ0n) is 11.3. The van der Waals surface area contributed by atoms with Gasteiger partial charge in [-0.25, -0.2) is 14.0 Å². The summed E-state index contributed by atoms with van der Waals surface area (Å²) in [7, 11) is 0. The molecule has 6 nitrogen and oxygen atoms in total. The standard InChI is InChI=1S/C12H11ClFNO.C2H2O4/c13-11-4-1-5-12(14)10(11)8-15-7-9-3-2-6-16-9;3-1(4)2(5)6/h1-6,15H,7-8H2;(H,3,4)(H,5,6). The minimum Gasteiger partial charge on any atom is -0.473 e. The molecule has 0 aliphatic carbocycles. The van der Waals surface area contributed by atoms with E-state index < -0.39 is 11.9 Å². The molecule has 118 valence electrons. The number of rotatable bonds is 4. The van der Waals surface area contributed by atoms with E-state index in [0.29, 0.717) is 23.7 Å². The van der Waals surface area contributed by atoms with Crippen LogP contribution in [0.15, 0.2) is 41.0 Å². The number of hydrogen-bond acceptors (Lipinski definition) is 4. The molecule has 22 heavy (non-hydrogen) atoms. The zero-order chi connectivity index (χ0) is 16.5. The van der Waals surface area contributed by atoms with Gasteiger partial charge < -0.3 is 19.9 Å². The van der Waals surface area contributed by atoms with E-state index in [2.05, 4.69) is 5.32 Å². The number of carboxylic acids is 2. The van der Waals surface area contributed by atoms with E-state index in [0.717, 1.165) is 5.76 Å². The van der Waals surface area contributed by atoms with Gasteiger partial charge in [-0.2, -0.15) is 0 Å². The van der Waals surface area contributed by atoms with Gasteiger partial charge in [-0.3, -0.25) is 0 Å². The summed E-state index contributed by atoms with van der Waals surface area (Å²) < 4.78 is 18.5. The summed E-state index contributed by atoms with van der Waals surface area (Å²) in [5, 5.41) is 18.3. The summed E-state index contributed by atoms with van der Waals surface area (Å²) in [6.45, 7) is 0.934. The van der Waals surface area contributed by atoms with Crippen molar-refractivity contribution in [1.29, 1.82) is 0 Å². The summed E-state index contributed by atoms with van der Waals surface area (Å²) >= 11 is 5.89. The lowest BCUT2D eigenvalue weighted by atomic mass is 10.2. The summed E-state index contributed by atoms with van der Waals surface area (Å²) in [5.41, 5.74) is 0.482. The monoisotopic (exact) mass is 329 g/mol. The van der Waals surface area contributed by atoms with Gasteiger partial charge in [0.25, 0.3) is 0 Å². The van der Waals surface area contributed by atoms with Gasteiger partial charge in [0.2, 0.25) is 0 Å². The highest BCUT2D eigenvalue weighted by Gasteiger charge is 2.06. The highest BCUT2D eigenvalue weighted by Crippen LogP contribution is 2.18. The van der Waals surface area contributed by atoms with Gasteiger partial charge in [0.1, 0.15) is 11.6 Å². The van der Waals surface area contributed by atoms with Crippen molar-refractivity contribution in [2.75, 3.05) is 0 Å². The molecule has 0 saturated heterocycles. The number of carboxylic acid groups (broad SMARTS) is 2. The summed E-state index contributed by atoms with van der Waals surface area (Å²) in [6.07, 6.45) is 1.60. The van der Waals surface area contributed by atoms with Crippen molar-refractivity contribution in [3.05, 3.63) is 58.8 Å². The third kappa shape index (κ3) is 5.94. The number of carbonyl (C=O) groups is 2. The third-order valence-corrected chi connectivity index (χ3v) is 2.78. The predicted octanol–water partition coefficient (Wildman–Crippen LogP) is 2.52. The molecule has 1 aromatic carbocycles. The van der Waals surface area contributed by atoms with Crippen LogP contribution in [0.2, 0.25) is 5.02 Å². The molecule has 0 atom stereocenters. The first-order valence-electron chi connectivity index (χ1n) is 6.04. The fourth-order valence-electron chi connectivity index (χ4n) is 1.43. The lowest BCUT2D eigenvalue weighted by molar-refractivity contribution is -0.159. The van der Waals surface area contributed by atoms with Crippen LogP contribution < -0.4 is 5.32 Å². The van der Waals surface area contributed by atoms with Gasteiger partial charge >= 0.3 is 11.9 Å². The summed E-state index contributed by atoms with van der Waals surface area (Å²) in [5.74, 6) is -3.13. The minimum absolute atomic E-state index is 0.292. The van der Waals surface area contributed by atoms with Crippen LogP contribution in [0.25, 0.3) is 0 Å². The molecule has 0 amide bonds. The van der Waals surface area contributed by atoms with Crippen LogP contribution in [0.5, 0.6) is 0 Å². The van der Waals surface area contributed by atoms with Crippen LogP contribution in [-0.4, -0.2) is 22.2 Å². The number of nitrogens with one attached hydrogen (secondary N) is 1. The van der Waals surface area contributed by atoms with Gasteiger partial charge in [-0.05, 0) is 24.3 Å². The van der Waals surface area contributed by atoms with Crippen molar-refractivity contribution in [3.8, 4) is 0 Å². The maximum absolute atomic E-state index is 13.4. The molecule has 0 aliphatic heterocycles. The molecule has 0 fully saturated rings.